The number of H-pyrrole nitrogens is 1. The van der Waals surface area contributed by atoms with Gasteiger partial charge >= 0.3 is 0 Å². The summed E-state index contributed by atoms with van der Waals surface area (Å²) < 4.78 is 5.49. The van der Waals surface area contributed by atoms with Gasteiger partial charge in [0.25, 0.3) is 0 Å². The first-order valence-electron chi connectivity index (χ1n) is 6.31. The molecule has 19 heavy (non-hydrogen) atoms. The standard InChI is InChI=1S/C14H16ClN3O/c1-19-11-7-9(15)3-4-10(11)14(5-2-6-14)12-8-13(16)18-17-12/h3-4,7-8H,2,5-6H2,1H3,(H3,16,17,18). The van der Waals surface area contributed by atoms with E-state index in [1.165, 1.54) is 6.42 Å². The van der Waals surface area contributed by atoms with Crippen LogP contribution in [0, 0.1) is 0 Å². The molecule has 1 aliphatic rings. The molecule has 0 unspecified atom stereocenters. The molecular formula is C14H16ClN3O. The summed E-state index contributed by atoms with van der Waals surface area (Å²) in [6.07, 6.45) is 3.31. The number of hydrogen-bond acceptors (Lipinski definition) is 3. The number of halogens is 1. The van der Waals surface area contributed by atoms with Gasteiger partial charge in [-0.15, -0.1) is 0 Å². The molecule has 3 N–H and O–H groups in total. The molecule has 1 heterocycles. The molecule has 1 aliphatic carbocycles. The van der Waals surface area contributed by atoms with E-state index in [4.69, 9.17) is 22.1 Å². The average molecular weight is 278 g/mol. The van der Waals surface area contributed by atoms with Crippen molar-refractivity contribution in [2.24, 2.45) is 0 Å². The van der Waals surface area contributed by atoms with Gasteiger partial charge in [-0.2, -0.15) is 5.10 Å². The molecule has 0 bridgehead atoms. The normalized spacial score (nSPS) is 16.9. The van der Waals surface area contributed by atoms with E-state index in [1.807, 2.05) is 24.3 Å². The number of nitrogens with two attached hydrogens (primary N) is 1. The molecule has 100 valence electrons. The van der Waals surface area contributed by atoms with Crippen molar-refractivity contribution < 1.29 is 4.74 Å². The Hall–Kier alpha value is -1.68. The van der Waals surface area contributed by atoms with Gasteiger partial charge < -0.3 is 10.5 Å². The summed E-state index contributed by atoms with van der Waals surface area (Å²) in [6, 6.07) is 7.71. The molecule has 0 amide bonds. The predicted molar refractivity (Wildman–Crippen MR) is 75.6 cm³/mol. The van der Waals surface area contributed by atoms with Crippen LogP contribution in [0.1, 0.15) is 30.5 Å². The van der Waals surface area contributed by atoms with Crippen LogP contribution in [-0.4, -0.2) is 17.3 Å². The maximum absolute atomic E-state index is 6.04. The van der Waals surface area contributed by atoms with Crippen molar-refractivity contribution in [3.8, 4) is 5.75 Å². The zero-order valence-corrected chi connectivity index (χ0v) is 11.5. The fourth-order valence-electron chi connectivity index (χ4n) is 2.86. The number of aromatic nitrogens is 2. The number of methoxy groups -OCH3 is 1. The number of nitrogens with zero attached hydrogens (tertiary/aromatic N) is 1. The molecule has 2 aromatic rings. The van der Waals surface area contributed by atoms with Crippen molar-refractivity contribution >= 4 is 17.4 Å². The lowest BCUT2D eigenvalue weighted by atomic mass is 9.62. The van der Waals surface area contributed by atoms with Gasteiger partial charge in [-0.25, -0.2) is 0 Å². The Morgan fingerprint density at radius 1 is 1.37 bits per heavy atom. The van der Waals surface area contributed by atoms with E-state index >= 15 is 0 Å². The molecule has 1 aromatic carbocycles. The first-order chi connectivity index (χ1) is 9.15. The predicted octanol–water partition coefficient (Wildman–Crippen LogP) is 3.12. The fourth-order valence-corrected chi connectivity index (χ4v) is 3.02. The van der Waals surface area contributed by atoms with Gasteiger partial charge in [-0.3, -0.25) is 5.10 Å². The zero-order chi connectivity index (χ0) is 13.5. The first-order valence-corrected chi connectivity index (χ1v) is 6.69. The Morgan fingerprint density at radius 3 is 2.68 bits per heavy atom. The first kappa shape index (κ1) is 12.4. The molecule has 5 heteroatoms. The second kappa shape index (κ2) is 4.46. The highest BCUT2D eigenvalue weighted by atomic mass is 35.5. The Morgan fingerprint density at radius 2 is 2.16 bits per heavy atom. The van der Waals surface area contributed by atoms with E-state index in [0.29, 0.717) is 10.8 Å². The monoisotopic (exact) mass is 277 g/mol. The van der Waals surface area contributed by atoms with Crippen LogP contribution in [-0.2, 0) is 5.41 Å². The number of rotatable bonds is 3. The van der Waals surface area contributed by atoms with Crippen LogP contribution in [0.4, 0.5) is 5.82 Å². The molecule has 0 radical (unpaired) electrons. The summed E-state index contributed by atoms with van der Waals surface area (Å²) in [5.41, 5.74) is 7.86. The molecule has 4 nitrogen and oxygen atoms in total. The topological polar surface area (TPSA) is 63.9 Å². The third-order valence-electron chi connectivity index (χ3n) is 4.00. The van der Waals surface area contributed by atoms with Crippen molar-refractivity contribution in [3.05, 3.63) is 40.5 Å². The Labute approximate surface area is 116 Å². The summed E-state index contributed by atoms with van der Waals surface area (Å²) in [7, 11) is 1.67. The number of benzene rings is 1. The van der Waals surface area contributed by atoms with Crippen LogP contribution in [0.2, 0.25) is 5.02 Å². The lowest BCUT2D eigenvalue weighted by Gasteiger charge is -2.42. The quantitative estimate of drug-likeness (QED) is 0.906. The second-order valence-electron chi connectivity index (χ2n) is 4.99. The van der Waals surface area contributed by atoms with Crippen LogP contribution >= 0.6 is 11.6 Å². The van der Waals surface area contributed by atoms with Gasteiger partial charge in [0.15, 0.2) is 0 Å². The molecule has 3 rings (SSSR count). The van der Waals surface area contributed by atoms with E-state index in [0.717, 1.165) is 29.8 Å². The number of nitrogens with one attached hydrogen (secondary N) is 1. The summed E-state index contributed by atoms with van der Waals surface area (Å²) in [5, 5.41) is 7.78. The van der Waals surface area contributed by atoms with E-state index < -0.39 is 0 Å². The van der Waals surface area contributed by atoms with Crippen LogP contribution in [0.25, 0.3) is 0 Å². The smallest absolute Gasteiger partial charge is 0.145 e. The maximum atomic E-state index is 6.04. The van der Waals surface area contributed by atoms with Gasteiger partial charge in [0, 0.05) is 27.8 Å². The maximum Gasteiger partial charge on any atom is 0.145 e. The minimum atomic E-state index is -0.0689. The lowest BCUT2D eigenvalue weighted by molar-refractivity contribution is 0.280. The number of anilines is 1. The zero-order valence-electron chi connectivity index (χ0n) is 10.7. The molecule has 1 fully saturated rings. The van der Waals surface area contributed by atoms with Crippen molar-refractivity contribution in [1.29, 1.82) is 0 Å². The van der Waals surface area contributed by atoms with Crippen molar-refractivity contribution in [2.45, 2.75) is 24.7 Å². The third kappa shape index (κ3) is 1.87. The third-order valence-corrected chi connectivity index (χ3v) is 4.23. The summed E-state index contributed by atoms with van der Waals surface area (Å²) in [4.78, 5) is 0. The van der Waals surface area contributed by atoms with Crippen LogP contribution in [0.3, 0.4) is 0 Å². The fraction of sp³-hybridized carbons (Fsp3) is 0.357. The largest absolute Gasteiger partial charge is 0.496 e. The highest BCUT2D eigenvalue weighted by molar-refractivity contribution is 6.30. The van der Waals surface area contributed by atoms with Crippen molar-refractivity contribution in [1.82, 2.24) is 10.2 Å². The van der Waals surface area contributed by atoms with Crippen LogP contribution in [0.15, 0.2) is 24.3 Å². The molecule has 0 aliphatic heterocycles. The average Bonchev–Trinajstić information content (AvgIpc) is 2.76. The number of hydrogen-bond donors (Lipinski definition) is 2. The molecule has 0 atom stereocenters. The minimum Gasteiger partial charge on any atom is -0.496 e. The van der Waals surface area contributed by atoms with E-state index in [1.54, 1.807) is 7.11 Å². The summed E-state index contributed by atoms with van der Waals surface area (Å²) >= 11 is 6.04. The molecule has 0 spiro atoms. The van der Waals surface area contributed by atoms with Crippen LogP contribution in [0.5, 0.6) is 5.75 Å². The lowest BCUT2D eigenvalue weighted by Crippen LogP contribution is -2.36. The number of ether oxygens (including phenoxy) is 1. The Bertz CT molecular complexity index is 604. The second-order valence-corrected chi connectivity index (χ2v) is 5.42. The van der Waals surface area contributed by atoms with E-state index in [2.05, 4.69) is 10.2 Å². The van der Waals surface area contributed by atoms with Crippen molar-refractivity contribution in [3.63, 3.8) is 0 Å². The summed E-state index contributed by atoms with van der Waals surface area (Å²) in [6.45, 7) is 0. The van der Waals surface area contributed by atoms with Gasteiger partial charge in [0.2, 0.25) is 0 Å². The Balaban J connectivity index is 2.12. The van der Waals surface area contributed by atoms with E-state index in [9.17, 15) is 0 Å². The van der Waals surface area contributed by atoms with Crippen LogP contribution < -0.4 is 10.5 Å². The van der Waals surface area contributed by atoms with Crippen molar-refractivity contribution in [2.75, 3.05) is 12.8 Å². The molecule has 1 saturated carbocycles. The number of nitrogen functional groups attached to an aromatic ring is 1. The SMILES string of the molecule is COc1cc(Cl)ccc1C1(c2cc(N)n[nH]2)CCC1. The van der Waals surface area contributed by atoms with Gasteiger partial charge in [-0.05, 0) is 25.0 Å². The Kier molecular flexibility index (Phi) is 2.90. The summed E-state index contributed by atoms with van der Waals surface area (Å²) in [5.74, 6) is 1.34. The molecule has 0 saturated heterocycles. The minimum absolute atomic E-state index is 0.0689. The van der Waals surface area contributed by atoms with Gasteiger partial charge in [0.05, 0.1) is 7.11 Å². The van der Waals surface area contributed by atoms with E-state index in [-0.39, 0.29) is 5.41 Å². The highest BCUT2D eigenvalue weighted by Crippen LogP contribution is 2.51. The van der Waals surface area contributed by atoms with Gasteiger partial charge in [0.1, 0.15) is 11.6 Å². The van der Waals surface area contributed by atoms with Gasteiger partial charge in [-0.1, -0.05) is 24.1 Å². The number of aromatic amines is 1. The molecular weight excluding hydrogens is 262 g/mol. The molecule has 1 aromatic heterocycles. The highest BCUT2D eigenvalue weighted by Gasteiger charge is 2.43.